The molecule has 0 aliphatic carbocycles. The van der Waals surface area contributed by atoms with Crippen LogP contribution in [0.2, 0.25) is 0 Å². The molecule has 15 heteroatoms. The molecule has 0 aliphatic rings. The highest BCUT2D eigenvalue weighted by molar-refractivity contribution is 5.89. The summed E-state index contributed by atoms with van der Waals surface area (Å²) in [5, 5.41) is 12.9. The summed E-state index contributed by atoms with van der Waals surface area (Å²) in [5.74, 6) is 2.31. The molecular formula is C77H93N9O6. The number of carboxylic acid groups (broad SMARTS) is 1. The van der Waals surface area contributed by atoms with Gasteiger partial charge in [-0.25, -0.2) is 15.0 Å². The number of carbonyl (C=O) groups is 3. The van der Waals surface area contributed by atoms with Gasteiger partial charge >= 0.3 is 17.9 Å². The Kier molecular flexibility index (Phi) is 23.8. The number of esters is 2. The number of aromatic nitrogens is 9. The van der Waals surface area contributed by atoms with E-state index < -0.39 is 5.97 Å². The Morgan fingerprint density at radius 3 is 1.26 bits per heavy atom. The van der Waals surface area contributed by atoms with Gasteiger partial charge in [0.05, 0.1) is 59.4 Å². The van der Waals surface area contributed by atoms with E-state index in [1.807, 2.05) is 50.2 Å². The van der Waals surface area contributed by atoms with Crippen LogP contribution >= 0.6 is 0 Å². The lowest BCUT2D eigenvalue weighted by Gasteiger charge is -2.10. The lowest BCUT2D eigenvalue weighted by Crippen LogP contribution is -2.06. The number of imidazole rings is 3. The molecule has 6 heterocycles. The molecule has 0 amide bonds. The molecule has 12 rings (SSSR count). The number of ether oxygens (including phenoxy) is 2. The number of unbranched alkanes of at least 4 members (excludes halogenated alkanes) is 6. The predicted molar refractivity (Wildman–Crippen MR) is 374 cm³/mol. The van der Waals surface area contributed by atoms with Crippen LogP contribution in [0.25, 0.3) is 65.8 Å². The van der Waals surface area contributed by atoms with E-state index in [0.29, 0.717) is 26.1 Å². The molecule has 12 aromatic rings. The third-order valence-electron chi connectivity index (χ3n) is 17.3. The zero-order chi connectivity index (χ0) is 65.1. The van der Waals surface area contributed by atoms with E-state index in [1.165, 1.54) is 71.6 Å². The highest BCUT2D eigenvalue weighted by Gasteiger charge is 2.18. The fourth-order valence-corrected chi connectivity index (χ4v) is 12.8. The van der Waals surface area contributed by atoms with Crippen LogP contribution in [0.3, 0.4) is 0 Å². The van der Waals surface area contributed by atoms with Gasteiger partial charge in [-0.1, -0.05) is 99.0 Å². The first-order valence-corrected chi connectivity index (χ1v) is 33.1. The summed E-state index contributed by atoms with van der Waals surface area (Å²) in [4.78, 5) is 51.1. The number of aryl methyl sites for hydroxylation is 10. The standard InChI is InChI=1S/C26H31N3O2.C24H27N3O2.C15H20N2O2.C12H15N/c1-4-31-25(30)16-7-5-6-15-24-27-21-12-8-9-13-22(21)29(24)18-20-17-28(3)23-14-10-11-19(2)26(20)23;1-17-9-8-12-21-24(17)18(15-26(21)2)16-27-20-11-7-6-10-19(20)25-22(27)13-4-3-5-14-23(28)29;1-2-19-15(18)11-5-3-4-10-14-16-12-8-6-7-9-13(12)17-14;1-4-10-8-13(3)11-7-5-6-9(2)12(10)11/h8-14,17H,4-7,15-16,18H2,1-3H3;6-12,15H,3-5,13-14,16H2,1-2H3,(H,28,29);6-9H,2-5,10-11H2,1H3,(H,16,17);5-8H,4H2,1-3H3. The van der Waals surface area contributed by atoms with Gasteiger partial charge in [0.25, 0.3) is 0 Å². The number of hydrogen-bond acceptors (Lipinski definition) is 8. The Morgan fingerprint density at radius 1 is 0.435 bits per heavy atom. The van der Waals surface area contributed by atoms with Gasteiger partial charge in [-0.05, 0) is 168 Å². The summed E-state index contributed by atoms with van der Waals surface area (Å²) in [5.41, 5.74) is 18.4. The van der Waals surface area contributed by atoms with Crippen LogP contribution in [0.1, 0.15) is 149 Å². The summed E-state index contributed by atoms with van der Waals surface area (Å²) in [6.45, 7) is 14.9. The van der Waals surface area contributed by atoms with Crippen LogP contribution < -0.4 is 0 Å². The zero-order valence-corrected chi connectivity index (χ0v) is 55.6. The van der Waals surface area contributed by atoms with Crippen molar-refractivity contribution in [3.63, 3.8) is 0 Å². The molecular weight excluding hydrogens is 1150 g/mol. The maximum atomic E-state index is 11.5. The molecule has 482 valence electrons. The first kappa shape index (κ1) is 67.2. The molecule has 0 atom stereocenters. The van der Waals surface area contributed by atoms with E-state index >= 15 is 0 Å². The third-order valence-corrected chi connectivity index (χ3v) is 17.3. The quantitative estimate of drug-likeness (QED) is 0.0418. The molecule has 6 aromatic carbocycles. The van der Waals surface area contributed by atoms with Crippen molar-refractivity contribution in [1.29, 1.82) is 0 Å². The number of para-hydroxylation sites is 6. The third kappa shape index (κ3) is 17.0. The van der Waals surface area contributed by atoms with Gasteiger partial charge in [0, 0.05) is 111 Å². The molecule has 0 radical (unpaired) electrons. The van der Waals surface area contributed by atoms with Crippen molar-refractivity contribution in [1.82, 2.24) is 42.8 Å². The number of H-pyrrole nitrogens is 1. The SMILES string of the molecule is CCOC(=O)CCCCCc1nc2ccccc2[nH]1.CCOC(=O)CCCCCc1nc2ccccc2n1Cc1cn(C)c2cccc(C)c12.CCc1cn(C)c2cccc(C)c12.Cc1cccc2c1c(Cn1c(CCCCCC(=O)O)nc3ccccc31)cn2C. The van der Waals surface area contributed by atoms with Crippen LogP contribution in [-0.4, -0.2) is 79.0 Å². The molecule has 0 unspecified atom stereocenters. The second-order valence-electron chi connectivity index (χ2n) is 24.1. The molecule has 15 nitrogen and oxygen atoms in total. The van der Waals surface area contributed by atoms with Gasteiger partial charge in [0.2, 0.25) is 0 Å². The van der Waals surface area contributed by atoms with Crippen molar-refractivity contribution in [3.05, 3.63) is 197 Å². The molecule has 0 saturated heterocycles. The number of carboxylic acids is 1. The zero-order valence-electron chi connectivity index (χ0n) is 55.6. The summed E-state index contributed by atoms with van der Waals surface area (Å²) in [7, 11) is 6.32. The Labute approximate surface area is 541 Å². The van der Waals surface area contributed by atoms with Crippen molar-refractivity contribution in [2.75, 3.05) is 13.2 Å². The second kappa shape index (κ2) is 32.7. The van der Waals surface area contributed by atoms with Gasteiger partial charge in [0.15, 0.2) is 0 Å². The number of aromatic amines is 1. The van der Waals surface area contributed by atoms with Gasteiger partial charge < -0.3 is 42.4 Å². The average molecular weight is 1240 g/mol. The minimum Gasteiger partial charge on any atom is -0.481 e. The number of benzene rings is 6. The van der Waals surface area contributed by atoms with Crippen molar-refractivity contribution in [3.8, 4) is 0 Å². The van der Waals surface area contributed by atoms with Crippen LogP contribution in [0.15, 0.2) is 146 Å². The molecule has 0 aliphatic heterocycles. The minimum absolute atomic E-state index is 0.0914. The van der Waals surface area contributed by atoms with Gasteiger partial charge in [-0.15, -0.1) is 0 Å². The number of carbonyl (C=O) groups excluding carboxylic acids is 2. The summed E-state index contributed by atoms with van der Waals surface area (Å²) >= 11 is 0. The topological polar surface area (TPSA) is 169 Å². The van der Waals surface area contributed by atoms with Crippen molar-refractivity contribution < 1.29 is 29.0 Å². The Balaban J connectivity index is 0.000000152. The molecule has 0 bridgehead atoms. The summed E-state index contributed by atoms with van der Waals surface area (Å²) < 4.78 is 21.2. The number of hydrogen-bond donors (Lipinski definition) is 2. The molecule has 0 saturated carbocycles. The first-order valence-electron chi connectivity index (χ1n) is 33.1. The van der Waals surface area contributed by atoms with Crippen LogP contribution in [0.4, 0.5) is 0 Å². The highest BCUT2D eigenvalue weighted by atomic mass is 16.5. The molecule has 2 N–H and O–H groups in total. The highest BCUT2D eigenvalue weighted by Crippen LogP contribution is 2.30. The van der Waals surface area contributed by atoms with Crippen LogP contribution in [0, 0.1) is 20.8 Å². The normalized spacial score (nSPS) is 11.3. The molecule has 92 heavy (non-hydrogen) atoms. The number of fused-ring (bicyclic) bond motifs is 6. The lowest BCUT2D eigenvalue weighted by molar-refractivity contribution is -0.144. The van der Waals surface area contributed by atoms with E-state index in [2.05, 4.69) is 191 Å². The van der Waals surface area contributed by atoms with E-state index in [0.717, 1.165) is 142 Å². The van der Waals surface area contributed by atoms with E-state index in [9.17, 15) is 14.4 Å². The lowest BCUT2D eigenvalue weighted by atomic mass is 10.1. The van der Waals surface area contributed by atoms with Crippen molar-refractivity contribution in [2.24, 2.45) is 21.1 Å². The largest absolute Gasteiger partial charge is 0.481 e. The van der Waals surface area contributed by atoms with Gasteiger partial charge in [-0.3, -0.25) is 14.4 Å². The van der Waals surface area contributed by atoms with Crippen molar-refractivity contribution >= 4 is 83.7 Å². The van der Waals surface area contributed by atoms with Crippen LogP contribution in [-0.2, 0) is 83.8 Å². The van der Waals surface area contributed by atoms with E-state index in [1.54, 1.807) is 0 Å². The smallest absolute Gasteiger partial charge is 0.305 e. The Bertz CT molecular complexity index is 4380. The fourth-order valence-electron chi connectivity index (χ4n) is 12.8. The van der Waals surface area contributed by atoms with E-state index in [4.69, 9.17) is 24.5 Å². The number of aliphatic carboxylic acids is 1. The van der Waals surface area contributed by atoms with Crippen LogP contribution in [0.5, 0.6) is 0 Å². The first-order chi connectivity index (χ1) is 44.6. The summed E-state index contributed by atoms with van der Waals surface area (Å²) in [6, 6.07) is 44.1. The van der Waals surface area contributed by atoms with Gasteiger partial charge in [-0.2, -0.15) is 0 Å². The van der Waals surface area contributed by atoms with Gasteiger partial charge in [0.1, 0.15) is 17.5 Å². The number of nitrogens with zero attached hydrogens (tertiary/aromatic N) is 8. The second-order valence-corrected chi connectivity index (χ2v) is 24.1. The summed E-state index contributed by atoms with van der Waals surface area (Å²) in [6.07, 6.45) is 20.2. The number of rotatable bonds is 25. The van der Waals surface area contributed by atoms with E-state index in [-0.39, 0.29) is 18.4 Å². The maximum absolute atomic E-state index is 11.5. The van der Waals surface area contributed by atoms with Crippen molar-refractivity contribution in [2.45, 2.75) is 157 Å². The minimum atomic E-state index is -0.719. The molecule has 0 fully saturated rings. The Morgan fingerprint density at radius 2 is 0.826 bits per heavy atom. The Hall–Kier alpha value is -9.24. The average Bonchev–Trinajstić information content (AvgIpc) is 1.68. The number of nitrogens with one attached hydrogen (secondary N) is 1. The maximum Gasteiger partial charge on any atom is 0.305 e. The fraction of sp³-hybridized carbons (Fsp3) is 0.377. The monoisotopic (exact) mass is 1240 g/mol. The molecule has 0 spiro atoms. The predicted octanol–water partition coefficient (Wildman–Crippen LogP) is 16.9. The molecule has 6 aromatic heterocycles.